The third-order valence-electron chi connectivity index (χ3n) is 6.17. The summed E-state index contributed by atoms with van der Waals surface area (Å²) in [7, 11) is -0.380. The molecule has 0 spiro atoms. The fraction of sp³-hybridized carbons (Fsp3) is 0.292. The monoisotopic (exact) mass is 494 g/mol. The summed E-state index contributed by atoms with van der Waals surface area (Å²) in [6, 6.07) is 12.6. The van der Waals surface area contributed by atoms with Crippen LogP contribution < -0.4 is 14.4 Å². The second-order valence-corrected chi connectivity index (χ2v) is 10.2. The molecule has 0 radical (unpaired) electrons. The van der Waals surface area contributed by atoms with Crippen molar-refractivity contribution >= 4 is 21.6 Å². The van der Waals surface area contributed by atoms with Gasteiger partial charge in [-0.2, -0.15) is 18.9 Å². The van der Waals surface area contributed by atoms with E-state index in [1.807, 2.05) is 37.3 Å². The van der Waals surface area contributed by atoms with Crippen LogP contribution in [0.25, 0.3) is 16.9 Å². The lowest BCUT2D eigenvalue weighted by Crippen LogP contribution is -2.49. The summed E-state index contributed by atoms with van der Waals surface area (Å²) in [6.07, 6.45) is 3.22. The molecule has 4 aromatic rings. The van der Waals surface area contributed by atoms with Gasteiger partial charge in [-0.1, -0.05) is 23.8 Å². The van der Waals surface area contributed by atoms with Gasteiger partial charge in [0.25, 0.3) is 5.78 Å². The van der Waals surface area contributed by atoms with Gasteiger partial charge in [0.05, 0.1) is 19.1 Å². The van der Waals surface area contributed by atoms with Crippen molar-refractivity contribution in [1.82, 2.24) is 23.9 Å². The summed E-state index contributed by atoms with van der Waals surface area (Å²) in [5.74, 6) is 2.50. The Morgan fingerprint density at radius 3 is 2.29 bits per heavy atom. The standard InChI is InChI=1S/C24H26N6O4S/c1-17-4-7-19(8-5-17)35(31,32)29-12-10-28(11-13-29)23-20(15-25-24-26-16-27-30(23)24)18-6-9-21(33-2)22(14-18)34-3/h4-9,14-16H,10-13H2,1-3H3. The van der Waals surface area contributed by atoms with Gasteiger partial charge in [0.1, 0.15) is 12.1 Å². The van der Waals surface area contributed by atoms with Crippen molar-refractivity contribution in [3.05, 3.63) is 60.6 Å². The maximum atomic E-state index is 13.2. The largest absolute Gasteiger partial charge is 0.493 e. The lowest BCUT2D eigenvalue weighted by molar-refractivity contribution is 0.355. The summed E-state index contributed by atoms with van der Waals surface area (Å²) < 4.78 is 40.4. The summed E-state index contributed by atoms with van der Waals surface area (Å²) in [5, 5.41) is 4.39. The molecule has 3 heterocycles. The van der Waals surface area contributed by atoms with E-state index in [2.05, 4.69) is 20.0 Å². The highest BCUT2D eigenvalue weighted by molar-refractivity contribution is 7.89. The molecule has 2 aromatic carbocycles. The number of nitrogens with zero attached hydrogens (tertiary/aromatic N) is 6. The van der Waals surface area contributed by atoms with Gasteiger partial charge < -0.3 is 14.4 Å². The Labute approximate surface area is 203 Å². The Hall–Kier alpha value is -3.70. The van der Waals surface area contributed by atoms with Crippen molar-refractivity contribution in [3.63, 3.8) is 0 Å². The molecule has 10 nitrogen and oxygen atoms in total. The van der Waals surface area contributed by atoms with Gasteiger partial charge >= 0.3 is 0 Å². The summed E-state index contributed by atoms with van der Waals surface area (Å²) in [4.78, 5) is 11.1. The number of hydrogen-bond acceptors (Lipinski definition) is 8. The number of benzene rings is 2. The normalized spacial score (nSPS) is 14.9. The lowest BCUT2D eigenvalue weighted by Gasteiger charge is -2.36. The second-order valence-electron chi connectivity index (χ2n) is 8.24. The van der Waals surface area contributed by atoms with Crippen LogP contribution in [0.4, 0.5) is 5.82 Å². The predicted octanol–water partition coefficient (Wildman–Crippen LogP) is 2.63. The third-order valence-corrected chi connectivity index (χ3v) is 8.08. The molecule has 1 saturated heterocycles. The first-order valence-electron chi connectivity index (χ1n) is 11.2. The minimum atomic E-state index is -3.57. The topological polar surface area (TPSA) is 102 Å². The molecular weight excluding hydrogens is 468 g/mol. The summed E-state index contributed by atoms with van der Waals surface area (Å²) >= 11 is 0. The van der Waals surface area contributed by atoms with Crippen LogP contribution in [0, 0.1) is 6.92 Å². The van der Waals surface area contributed by atoms with Gasteiger partial charge in [-0.15, -0.1) is 0 Å². The van der Waals surface area contributed by atoms with E-state index in [1.165, 1.54) is 10.6 Å². The average molecular weight is 495 g/mol. The highest BCUT2D eigenvalue weighted by Crippen LogP contribution is 2.37. The predicted molar refractivity (Wildman–Crippen MR) is 131 cm³/mol. The maximum absolute atomic E-state index is 13.2. The number of aromatic nitrogens is 4. The molecule has 2 aromatic heterocycles. The van der Waals surface area contributed by atoms with Crippen molar-refractivity contribution < 1.29 is 17.9 Å². The first kappa shape index (κ1) is 23.1. The second kappa shape index (κ2) is 9.16. The molecule has 0 aliphatic carbocycles. The lowest BCUT2D eigenvalue weighted by atomic mass is 10.1. The van der Waals surface area contributed by atoms with Gasteiger partial charge in [0, 0.05) is 37.9 Å². The molecule has 0 N–H and O–H groups in total. The van der Waals surface area contributed by atoms with Gasteiger partial charge in [-0.3, -0.25) is 0 Å². The van der Waals surface area contributed by atoms with Crippen LogP contribution in [0.2, 0.25) is 0 Å². The minimum absolute atomic E-state index is 0.310. The number of aryl methyl sites for hydroxylation is 1. The third kappa shape index (κ3) is 4.17. The van der Waals surface area contributed by atoms with Gasteiger partial charge in [-0.25, -0.2) is 13.4 Å². The van der Waals surface area contributed by atoms with E-state index < -0.39 is 10.0 Å². The zero-order valence-electron chi connectivity index (χ0n) is 19.7. The van der Waals surface area contributed by atoms with Gasteiger partial charge in [0.2, 0.25) is 10.0 Å². The Morgan fingerprint density at radius 1 is 0.886 bits per heavy atom. The van der Waals surface area contributed by atoms with Crippen molar-refractivity contribution in [2.45, 2.75) is 11.8 Å². The number of piperazine rings is 1. The van der Waals surface area contributed by atoms with Crippen molar-refractivity contribution in [2.75, 3.05) is 45.3 Å². The quantitative estimate of drug-likeness (QED) is 0.403. The maximum Gasteiger partial charge on any atom is 0.254 e. The van der Waals surface area contributed by atoms with E-state index >= 15 is 0 Å². The zero-order chi connectivity index (χ0) is 24.6. The van der Waals surface area contributed by atoms with Crippen LogP contribution >= 0.6 is 0 Å². The Balaban J connectivity index is 1.48. The molecule has 1 fully saturated rings. The Morgan fingerprint density at radius 2 is 1.60 bits per heavy atom. The molecule has 1 aliphatic heterocycles. The molecule has 182 valence electrons. The van der Waals surface area contributed by atoms with E-state index in [-0.39, 0.29) is 0 Å². The van der Waals surface area contributed by atoms with Crippen LogP contribution in [0.3, 0.4) is 0 Å². The SMILES string of the molecule is COc1ccc(-c2cnc3ncnn3c2N2CCN(S(=O)(=O)c3ccc(C)cc3)CC2)cc1OC. The summed E-state index contributed by atoms with van der Waals surface area (Å²) in [5.41, 5.74) is 2.72. The van der Waals surface area contributed by atoms with E-state index in [1.54, 1.807) is 37.1 Å². The number of sulfonamides is 1. The van der Waals surface area contributed by atoms with Crippen molar-refractivity contribution in [1.29, 1.82) is 0 Å². The number of ether oxygens (including phenoxy) is 2. The van der Waals surface area contributed by atoms with E-state index in [9.17, 15) is 8.42 Å². The Bertz CT molecular complexity index is 1460. The van der Waals surface area contributed by atoms with E-state index in [0.717, 1.165) is 22.5 Å². The molecule has 35 heavy (non-hydrogen) atoms. The first-order chi connectivity index (χ1) is 16.9. The van der Waals surface area contributed by atoms with Gasteiger partial charge in [-0.05, 0) is 36.8 Å². The number of methoxy groups -OCH3 is 2. The average Bonchev–Trinajstić information content (AvgIpc) is 3.37. The van der Waals surface area contributed by atoms with Crippen molar-refractivity contribution in [3.8, 4) is 22.6 Å². The summed E-state index contributed by atoms with van der Waals surface area (Å²) in [6.45, 7) is 3.61. The molecule has 0 saturated carbocycles. The molecule has 0 atom stereocenters. The van der Waals surface area contributed by atoms with Crippen LogP contribution in [0.15, 0.2) is 59.9 Å². The fourth-order valence-electron chi connectivity index (χ4n) is 4.28. The molecule has 0 unspecified atom stereocenters. The number of fused-ring (bicyclic) bond motifs is 1. The molecule has 11 heteroatoms. The number of rotatable bonds is 6. The van der Waals surface area contributed by atoms with Crippen molar-refractivity contribution in [2.24, 2.45) is 0 Å². The molecular formula is C24H26N6O4S. The number of anilines is 1. The molecule has 0 bridgehead atoms. The highest BCUT2D eigenvalue weighted by Gasteiger charge is 2.30. The van der Waals surface area contributed by atoms with Crippen LogP contribution in [-0.2, 0) is 10.0 Å². The fourth-order valence-corrected chi connectivity index (χ4v) is 5.70. The minimum Gasteiger partial charge on any atom is -0.493 e. The van der Waals surface area contributed by atoms with Crippen LogP contribution in [0.1, 0.15) is 5.56 Å². The molecule has 0 amide bonds. The number of hydrogen-bond donors (Lipinski definition) is 0. The zero-order valence-corrected chi connectivity index (χ0v) is 20.6. The van der Waals surface area contributed by atoms with Gasteiger partial charge in [0.15, 0.2) is 11.5 Å². The molecule has 1 aliphatic rings. The highest BCUT2D eigenvalue weighted by atomic mass is 32.2. The van der Waals surface area contributed by atoms with E-state index in [0.29, 0.717) is 48.4 Å². The van der Waals surface area contributed by atoms with E-state index in [4.69, 9.17) is 9.47 Å². The van der Waals surface area contributed by atoms with Crippen LogP contribution in [0.5, 0.6) is 11.5 Å². The van der Waals surface area contributed by atoms with Crippen LogP contribution in [-0.4, -0.2) is 72.7 Å². The first-order valence-corrected chi connectivity index (χ1v) is 12.6. The molecule has 5 rings (SSSR count). The Kier molecular flexibility index (Phi) is 6.03. The smallest absolute Gasteiger partial charge is 0.254 e.